The Kier molecular flexibility index (Phi) is 6.50. The molecule has 0 aliphatic carbocycles. The number of halogens is 3. The lowest BCUT2D eigenvalue weighted by atomic mass is 10.1. The van der Waals surface area contributed by atoms with Gasteiger partial charge in [-0.3, -0.25) is 9.36 Å². The van der Waals surface area contributed by atoms with E-state index >= 15 is 0 Å². The van der Waals surface area contributed by atoms with E-state index in [0.717, 1.165) is 0 Å². The smallest absolute Gasteiger partial charge is 0.493 e. The zero-order chi connectivity index (χ0) is 23.5. The SMILES string of the molecule is COc1cc(-n2ccc(-c3cccc(OC(F)(F)F)c3)cc2=O)ccc1OCC(C)(C)O. The Labute approximate surface area is 182 Å². The summed E-state index contributed by atoms with van der Waals surface area (Å²) < 4.78 is 53.6. The summed E-state index contributed by atoms with van der Waals surface area (Å²) in [6.45, 7) is 3.27. The van der Waals surface area contributed by atoms with E-state index in [1.807, 2.05) is 0 Å². The number of aliphatic hydroxyl groups is 1. The summed E-state index contributed by atoms with van der Waals surface area (Å²) >= 11 is 0. The third-order valence-corrected chi connectivity index (χ3v) is 4.33. The fraction of sp³-hybridized carbons (Fsp3) is 0.261. The number of hydrogen-bond acceptors (Lipinski definition) is 5. The van der Waals surface area contributed by atoms with Crippen LogP contribution in [0.25, 0.3) is 16.8 Å². The number of hydrogen-bond donors (Lipinski definition) is 1. The maximum atomic E-state index is 12.7. The molecule has 0 amide bonds. The number of nitrogens with zero attached hydrogens (tertiary/aromatic N) is 1. The molecule has 9 heteroatoms. The maximum absolute atomic E-state index is 12.7. The average molecular weight is 449 g/mol. The number of ether oxygens (including phenoxy) is 3. The van der Waals surface area contributed by atoms with Crippen LogP contribution in [0.5, 0.6) is 17.2 Å². The minimum Gasteiger partial charge on any atom is -0.493 e. The van der Waals surface area contributed by atoms with Crippen LogP contribution in [0, 0.1) is 0 Å². The first-order valence-corrected chi connectivity index (χ1v) is 9.58. The van der Waals surface area contributed by atoms with Crippen molar-refractivity contribution in [3.05, 3.63) is 71.1 Å². The van der Waals surface area contributed by atoms with Gasteiger partial charge in [-0.15, -0.1) is 13.2 Å². The van der Waals surface area contributed by atoms with Crippen molar-refractivity contribution in [3.8, 4) is 34.1 Å². The fourth-order valence-electron chi connectivity index (χ4n) is 2.92. The van der Waals surface area contributed by atoms with Gasteiger partial charge in [0.1, 0.15) is 12.4 Å². The second-order valence-electron chi connectivity index (χ2n) is 7.64. The van der Waals surface area contributed by atoms with E-state index in [2.05, 4.69) is 4.74 Å². The van der Waals surface area contributed by atoms with E-state index in [1.54, 1.807) is 44.2 Å². The molecule has 2 aromatic carbocycles. The van der Waals surface area contributed by atoms with Crippen LogP contribution in [0.1, 0.15) is 13.8 Å². The number of benzene rings is 2. The molecule has 6 nitrogen and oxygen atoms in total. The predicted octanol–water partition coefficient (Wildman–Crippen LogP) is 4.56. The summed E-state index contributed by atoms with van der Waals surface area (Å²) in [5.74, 6) is 0.412. The first-order chi connectivity index (χ1) is 14.9. The quantitative estimate of drug-likeness (QED) is 0.573. The highest BCUT2D eigenvalue weighted by Crippen LogP contribution is 2.31. The highest BCUT2D eigenvalue weighted by Gasteiger charge is 2.31. The Morgan fingerprint density at radius 1 is 0.969 bits per heavy atom. The number of aromatic nitrogens is 1. The Balaban J connectivity index is 1.89. The highest BCUT2D eigenvalue weighted by atomic mass is 19.4. The van der Waals surface area contributed by atoms with Gasteiger partial charge in [0.2, 0.25) is 0 Å². The minimum absolute atomic E-state index is 0.0501. The summed E-state index contributed by atoms with van der Waals surface area (Å²) in [6, 6.07) is 13.2. The van der Waals surface area contributed by atoms with Gasteiger partial charge >= 0.3 is 6.36 Å². The predicted molar refractivity (Wildman–Crippen MR) is 113 cm³/mol. The normalized spacial score (nSPS) is 11.8. The van der Waals surface area contributed by atoms with Crippen LogP contribution in [0.3, 0.4) is 0 Å². The highest BCUT2D eigenvalue weighted by molar-refractivity contribution is 5.65. The summed E-state index contributed by atoms with van der Waals surface area (Å²) in [5.41, 5.74) is -0.0706. The van der Waals surface area contributed by atoms with Crippen molar-refractivity contribution in [3.63, 3.8) is 0 Å². The van der Waals surface area contributed by atoms with E-state index in [4.69, 9.17) is 9.47 Å². The van der Waals surface area contributed by atoms with Crippen molar-refractivity contribution < 1.29 is 32.5 Å². The molecule has 0 radical (unpaired) electrons. The van der Waals surface area contributed by atoms with Gasteiger partial charge in [-0.2, -0.15) is 0 Å². The first kappa shape index (κ1) is 23.2. The molecule has 0 atom stereocenters. The first-order valence-electron chi connectivity index (χ1n) is 9.58. The molecule has 0 bridgehead atoms. The molecule has 1 aromatic heterocycles. The lowest BCUT2D eigenvalue weighted by Crippen LogP contribution is -2.28. The number of rotatable bonds is 7. The van der Waals surface area contributed by atoms with Crippen LogP contribution in [0.4, 0.5) is 13.2 Å². The molecule has 0 spiro atoms. The number of alkyl halides is 3. The van der Waals surface area contributed by atoms with Crippen LogP contribution in [0.2, 0.25) is 0 Å². The molecule has 0 fully saturated rings. The van der Waals surface area contributed by atoms with Crippen LogP contribution in [-0.2, 0) is 0 Å². The van der Waals surface area contributed by atoms with E-state index in [-0.39, 0.29) is 12.4 Å². The molecule has 3 aromatic rings. The molecule has 170 valence electrons. The third-order valence-electron chi connectivity index (χ3n) is 4.33. The lowest BCUT2D eigenvalue weighted by Gasteiger charge is -2.19. The molecule has 0 aliphatic rings. The van der Waals surface area contributed by atoms with Gasteiger partial charge in [-0.25, -0.2) is 0 Å². The molecular weight excluding hydrogens is 427 g/mol. The molecule has 0 aliphatic heterocycles. The van der Waals surface area contributed by atoms with Crippen molar-refractivity contribution in [1.29, 1.82) is 0 Å². The third kappa shape index (κ3) is 6.04. The summed E-state index contributed by atoms with van der Waals surface area (Å²) in [4.78, 5) is 12.7. The molecule has 32 heavy (non-hydrogen) atoms. The second kappa shape index (κ2) is 8.96. The van der Waals surface area contributed by atoms with Gasteiger partial charge in [-0.05, 0) is 55.3 Å². The molecule has 0 saturated heterocycles. The lowest BCUT2D eigenvalue weighted by molar-refractivity contribution is -0.274. The molecule has 1 N–H and O–H groups in total. The number of pyridine rings is 1. The van der Waals surface area contributed by atoms with Gasteiger partial charge in [-0.1, -0.05) is 12.1 Å². The maximum Gasteiger partial charge on any atom is 0.573 e. The van der Waals surface area contributed by atoms with Crippen LogP contribution >= 0.6 is 0 Å². The van der Waals surface area contributed by atoms with Crippen molar-refractivity contribution in [2.75, 3.05) is 13.7 Å². The minimum atomic E-state index is -4.80. The molecule has 0 unspecified atom stereocenters. The zero-order valence-corrected chi connectivity index (χ0v) is 17.6. The topological polar surface area (TPSA) is 69.9 Å². The van der Waals surface area contributed by atoms with E-state index < -0.39 is 17.5 Å². The van der Waals surface area contributed by atoms with Gasteiger partial charge < -0.3 is 19.3 Å². The second-order valence-corrected chi connectivity index (χ2v) is 7.64. The monoisotopic (exact) mass is 449 g/mol. The van der Waals surface area contributed by atoms with E-state index in [9.17, 15) is 23.1 Å². The van der Waals surface area contributed by atoms with Gasteiger partial charge in [0.25, 0.3) is 5.56 Å². The van der Waals surface area contributed by atoms with E-state index in [1.165, 1.54) is 42.1 Å². The van der Waals surface area contributed by atoms with Crippen molar-refractivity contribution in [2.24, 2.45) is 0 Å². The molecule has 3 rings (SSSR count). The Bertz CT molecular complexity index is 1150. The van der Waals surface area contributed by atoms with Crippen LogP contribution in [-0.4, -0.2) is 35.4 Å². The average Bonchev–Trinajstić information content (AvgIpc) is 2.70. The molecule has 1 heterocycles. The Morgan fingerprint density at radius 3 is 2.31 bits per heavy atom. The van der Waals surface area contributed by atoms with Crippen molar-refractivity contribution >= 4 is 0 Å². The summed E-state index contributed by atoms with van der Waals surface area (Å²) in [5, 5.41) is 9.83. The van der Waals surface area contributed by atoms with Gasteiger partial charge in [0, 0.05) is 18.3 Å². The van der Waals surface area contributed by atoms with Gasteiger partial charge in [0.05, 0.1) is 18.4 Å². The summed E-state index contributed by atoms with van der Waals surface area (Å²) in [6.07, 6.45) is -3.29. The van der Waals surface area contributed by atoms with Gasteiger partial charge in [0.15, 0.2) is 11.5 Å². The molecule has 0 saturated carbocycles. The van der Waals surface area contributed by atoms with Crippen LogP contribution < -0.4 is 19.8 Å². The largest absolute Gasteiger partial charge is 0.573 e. The summed E-state index contributed by atoms with van der Waals surface area (Å²) in [7, 11) is 1.46. The van der Waals surface area contributed by atoms with Crippen molar-refractivity contribution in [2.45, 2.75) is 25.8 Å². The van der Waals surface area contributed by atoms with E-state index in [0.29, 0.717) is 28.3 Å². The molecular formula is C23H22F3NO5. The standard InChI is InChI=1S/C23H22F3NO5/c1-22(2,29)14-31-19-8-7-17(13-20(19)30-3)27-10-9-16(12-21(27)28)15-5-4-6-18(11-15)32-23(24,25)26/h4-13,29H,14H2,1-3H3. The Hall–Kier alpha value is -3.46. The van der Waals surface area contributed by atoms with Crippen LogP contribution in [0.15, 0.2) is 65.6 Å². The fourth-order valence-corrected chi connectivity index (χ4v) is 2.92. The Morgan fingerprint density at radius 2 is 1.69 bits per heavy atom. The number of methoxy groups -OCH3 is 1. The van der Waals surface area contributed by atoms with Crippen molar-refractivity contribution in [1.82, 2.24) is 4.57 Å². The zero-order valence-electron chi connectivity index (χ0n) is 17.6.